The third-order valence-corrected chi connectivity index (χ3v) is 5.30. The minimum Gasteiger partial charge on any atom is -0.337 e. The lowest BCUT2D eigenvalue weighted by atomic mass is 9.81. The van der Waals surface area contributed by atoms with Gasteiger partial charge in [0.25, 0.3) is 0 Å². The van der Waals surface area contributed by atoms with Crippen molar-refractivity contribution in [2.24, 2.45) is 11.8 Å². The number of nitrogens with zero attached hydrogens (tertiary/aromatic N) is 2. The summed E-state index contributed by atoms with van der Waals surface area (Å²) >= 11 is 0. The molecule has 3 aliphatic rings. The highest BCUT2D eigenvalue weighted by Crippen LogP contribution is 2.37. The normalized spacial score (nSPS) is 32.3. The Bertz CT molecular complexity index is 455. The monoisotopic (exact) mass is 307 g/mol. The molecular formula is C16H25N3O3. The Labute approximate surface area is 131 Å². The van der Waals surface area contributed by atoms with E-state index in [2.05, 4.69) is 5.32 Å². The van der Waals surface area contributed by atoms with Crippen LogP contribution in [0, 0.1) is 11.8 Å². The maximum atomic E-state index is 12.4. The number of likely N-dealkylation sites (tertiary alicyclic amines) is 1. The zero-order valence-corrected chi connectivity index (χ0v) is 13.2. The van der Waals surface area contributed by atoms with Gasteiger partial charge < -0.3 is 10.2 Å². The number of imide groups is 1. The largest absolute Gasteiger partial charge is 0.337 e. The van der Waals surface area contributed by atoms with Gasteiger partial charge >= 0.3 is 0 Å². The molecule has 1 saturated carbocycles. The van der Waals surface area contributed by atoms with Crippen LogP contribution in [0.2, 0.25) is 0 Å². The maximum Gasteiger partial charge on any atom is 0.233 e. The average Bonchev–Trinajstić information content (AvgIpc) is 2.77. The molecule has 3 rings (SSSR count). The Kier molecular flexibility index (Phi) is 4.47. The number of hydrogen-bond acceptors (Lipinski definition) is 4. The van der Waals surface area contributed by atoms with E-state index in [4.69, 9.17) is 0 Å². The van der Waals surface area contributed by atoms with Crippen molar-refractivity contribution in [2.45, 2.75) is 45.1 Å². The molecule has 1 N–H and O–H groups in total. The summed E-state index contributed by atoms with van der Waals surface area (Å²) in [6.45, 7) is 4.58. The second-order valence-electron chi connectivity index (χ2n) is 6.72. The fraction of sp³-hybridized carbons (Fsp3) is 0.812. The van der Waals surface area contributed by atoms with E-state index < -0.39 is 0 Å². The van der Waals surface area contributed by atoms with Gasteiger partial charge in [-0.15, -0.1) is 0 Å². The molecule has 0 bridgehead atoms. The minimum atomic E-state index is -0.116. The topological polar surface area (TPSA) is 69.7 Å². The first kappa shape index (κ1) is 15.5. The summed E-state index contributed by atoms with van der Waals surface area (Å²) in [5.74, 6) is -0.278. The molecule has 2 aliphatic heterocycles. The second-order valence-corrected chi connectivity index (χ2v) is 6.72. The number of carbonyl (C=O) groups excluding carboxylic acids is 3. The molecular weight excluding hydrogens is 282 g/mol. The maximum absolute atomic E-state index is 12.4. The summed E-state index contributed by atoms with van der Waals surface area (Å²) in [6.07, 6.45) is 3.97. The van der Waals surface area contributed by atoms with Gasteiger partial charge in [0.15, 0.2) is 0 Å². The molecule has 22 heavy (non-hydrogen) atoms. The van der Waals surface area contributed by atoms with E-state index in [9.17, 15) is 14.4 Å². The van der Waals surface area contributed by atoms with Crippen molar-refractivity contribution in [2.75, 3.05) is 26.2 Å². The predicted molar refractivity (Wildman–Crippen MR) is 80.8 cm³/mol. The SMILES string of the molecule is C[C@@H]1CNCCN1C(=O)CCN1C(=O)C2CCCCC2C1=O. The van der Waals surface area contributed by atoms with Crippen LogP contribution in [0.4, 0.5) is 0 Å². The quantitative estimate of drug-likeness (QED) is 0.765. The Balaban J connectivity index is 1.58. The summed E-state index contributed by atoms with van der Waals surface area (Å²) in [4.78, 5) is 40.3. The van der Waals surface area contributed by atoms with Gasteiger partial charge in [0.2, 0.25) is 17.7 Å². The molecule has 0 radical (unpaired) electrons. The highest BCUT2D eigenvalue weighted by Gasteiger charge is 2.47. The first-order chi connectivity index (χ1) is 10.6. The van der Waals surface area contributed by atoms with Crippen LogP contribution in [-0.2, 0) is 14.4 Å². The first-order valence-electron chi connectivity index (χ1n) is 8.45. The molecule has 0 aromatic carbocycles. The summed E-state index contributed by atoms with van der Waals surface area (Å²) in [5.41, 5.74) is 0. The Morgan fingerprint density at radius 2 is 1.82 bits per heavy atom. The van der Waals surface area contributed by atoms with Crippen LogP contribution in [0.25, 0.3) is 0 Å². The van der Waals surface area contributed by atoms with Crippen LogP contribution in [0.1, 0.15) is 39.0 Å². The molecule has 2 heterocycles. The molecule has 3 amide bonds. The van der Waals surface area contributed by atoms with Gasteiger partial charge in [0.1, 0.15) is 0 Å². The fourth-order valence-electron chi connectivity index (χ4n) is 4.01. The van der Waals surface area contributed by atoms with Crippen molar-refractivity contribution < 1.29 is 14.4 Å². The third-order valence-electron chi connectivity index (χ3n) is 5.30. The Morgan fingerprint density at radius 3 is 2.41 bits per heavy atom. The Hall–Kier alpha value is -1.43. The standard InChI is InChI=1S/C16H25N3O3/c1-11-10-17-7-9-18(11)14(20)6-8-19-15(21)12-4-2-3-5-13(12)16(19)22/h11-13,17H,2-10H2,1H3/t11-,12?,13?/m1/s1. The molecule has 6 heteroatoms. The number of piperazine rings is 1. The predicted octanol–water partition coefficient (Wildman–Crippen LogP) is 0.372. The molecule has 6 nitrogen and oxygen atoms in total. The van der Waals surface area contributed by atoms with E-state index in [0.29, 0.717) is 6.54 Å². The zero-order valence-electron chi connectivity index (χ0n) is 13.2. The lowest BCUT2D eigenvalue weighted by Gasteiger charge is -2.34. The van der Waals surface area contributed by atoms with E-state index in [1.807, 2.05) is 11.8 Å². The molecule has 0 aromatic rings. The summed E-state index contributed by atoms with van der Waals surface area (Å²) in [6, 6.07) is 0.175. The van der Waals surface area contributed by atoms with Crippen molar-refractivity contribution in [3.63, 3.8) is 0 Å². The van der Waals surface area contributed by atoms with Gasteiger partial charge in [0.05, 0.1) is 11.8 Å². The number of rotatable bonds is 3. The highest BCUT2D eigenvalue weighted by molar-refractivity contribution is 6.05. The number of amides is 3. The summed E-state index contributed by atoms with van der Waals surface area (Å²) in [7, 11) is 0. The lowest BCUT2D eigenvalue weighted by molar-refractivity contribution is -0.141. The van der Waals surface area contributed by atoms with Crippen molar-refractivity contribution in [1.82, 2.24) is 15.1 Å². The molecule has 3 atom stereocenters. The highest BCUT2D eigenvalue weighted by atomic mass is 16.2. The fourth-order valence-corrected chi connectivity index (χ4v) is 4.01. The van der Waals surface area contributed by atoms with E-state index in [1.165, 1.54) is 4.90 Å². The van der Waals surface area contributed by atoms with Crippen LogP contribution in [0.15, 0.2) is 0 Å². The molecule has 122 valence electrons. The zero-order chi connectivity index (χ0) is 15.7. The smallest absolute Gasteiger partial charge is 0.233 e. The Morgan fingerprint density at radius 1 is 1.18 bits per heavy atom. The summed E-state index contributed by atoms with van der Waals surface area (Å²) < 4.78 is 0. The molecule has 1 aliphatic carbocycles. The van der Waals surface area contributed by atoms with Crippen LogP contribution in [0.5, 0.6) is 0 Å². The number of fused-ring (bicyclic) bond motifs is 1. The first-order valence-corrected chi connectivity index (χ1v) is 8.45. The van der Waals surface area contributed by atoms with Gasteiger partial charge in [-0.05, 0) is 19.8 Å². The van der Waals surface area contributed by atoms with E-state index >= 15 is 0 Å². The van der Waals surface area contributed by atoms with E-state index in [-0.39, 0.29) is 48.6 Å². The van der Waals surface area contributed by atoms with Crippen molar-refractivity contribution in [3.05, 3.63) is 0 Å². The second kappa shape index (κ2) is 6.36. The van der Waals surface area contributed by atoms with E-state index in [0.717, 1.165) is 38.8 Å². The van der Waals surface area contributed by atoms with E-state index in [1.54, 1.807) is 0 Å². The minimum absolute atomic E-state index is 0.0455. The van der Waals surface area contributed by atoms with Gasteiger partial charge in [-0.25, -0.2) is 0 Å². The third kappa shape index (κ3) is 2.76. The van der Waals surface area contributed by atoms with Crippen LogP contribution in [0.3, 0.4) is 0 Å². The van der Waals surface area contributed by atoms with Gasteiger partial charge in [-0.2, -0.15) is 0 Å². The number of hydrogen-bond donors (Lipinski definition) is 1. The van der Waals surface area contributed by atoms with Crippen molar-refractivity contribution >= 4 is 17.7 Å². The molecule has 3 fully saturated rings. The number of carbonyl (C=O) groups is 3. The summed E-state index contributed by atoms with van der Waals surface area (Å²) in [5, 5.41) is 3.25. The van der Waals surface area contributed by atoms with Gasteiger partial charge in [-0.3, -0.25) is 19.3 Å². The number of nitrogens with one attached hydrogen (secondary N) is 1. The molecule has 2 saturated heterocycles. The van der Waals surface area contributed by atoms with Crippen LogP contribution >= 0.6 is 0 Å². The molecule has 2 unspecified atom stereocenters. The average molecular weight is 307 g/mol. The van der Waals surface area contributed by atoms with Crippen LogP contribution < -0.4 is 5.32 Å². The van der Waals surface area contributed by atoms with Crippen LogP contribution in [-0.4, -0.2) is 59.7 Å². The van der Waals surface area contributed by atoms with Gasteiger partial charge in [-0.1, -0.05) is 12.8 Å². The van der Waals surface area contributed by atoms with Crippen molar-refractivity contribution in [3.8, 4) is 0 Å². The molecule has 0 spiro atoms. The lowest BCUT2D eigenvalue weighted by Crippen LogP contribution is -2.52. The van der Waals surface area contributed by atoms with Crippen molar-refractivity contribution in [1.29, 1.82) is 0 Å². The molecule has 0 aromatic heterocycles. The van der Waals surface area contributed by atoms with Gasteiger partial charge in [0, 0.05) is 38.6 Å².